The molecule has 1 rings (SSSR count). The fourth-order valence-electron chi connectivity index (χ4n) is 0.890. The number of amides is 1. The van der Waals surface area contributed by atoms with Crippen molar-refractivity contribution < 1.29 is 27.9 Å². The highest BCUT2D eigenvalue weighted by atomic mass is 19.4. The third kappa shape index (κ3) is 3.06. The first-order valence-electron chi connectivity index (χ1n) is 4.06. The molecular formula is C8H5F3N2O4. The molecule has 1 aromatic heterocycles. The monoisotopic (exact) mass is 250 g/mol. The van der Waals surface area contributed by atoms with Crippen LogP contribution < -0.4 is 10.9 Å². The van der Waals surface area contributed by atoms with Crippen LogP contribution in [0.5, 0.6) is 0 Å². The molecule has 3 N–H and O–H groups in total. The van der Waals surface area contributed by atoms with Crippen LogP contribution in [0.25, 0.3) is 0 Å². The van der Waals surface area contributed by atoms with Crippen LogP contribution in [-0.4, -0.2) is 28.1 Å². The van der Waals surface area contributed by atoms with Gasteiger partial charge in [-0.1, -0.05) is 0 Å². The van der Waals surface area contributed by atoms with Crippen molar-refractivity contribution in [2.75, 3.05) is 5.32 Å². The standard InChI is InChI=1S/C8H5F3N2O4/c9-8(10,11)7(17)13-3-1-2-4(6(15)16)12-5(3)14/h1-2H,(H,12,14)(H,13,17)(H,15,16). The Bertz CT molecular complexity index is 520. The quantitative estimate of drug-likeness (QED) is 0.714. The van der Waals surface area contributed by atoms with Gasteiger partial charge in [-0.25, -0.2) is 4.79 Å². The summed E-state index contributed by atoms with van der Waals surface area (Å²) in [6, 6.07) is 1.63. The van der Waals surface area contributed by atoms with E-state index >= 15 is 0 Å². The molecular weight excluding hydrogens is 245 g/mol. The number of aromatic amines is 1. The van der Waals surface area contributed by atoms with E-state index in [4.69, 9.17) is 5.11 Å². The van der Waals surface area contributed by atoms with E-state index in [9.17, 15) is 27.6 Å². The Kier molecular flexibility index (Phi) is 3.21. The molecule has 0 aromatic carbocycles. The number of carboxylic acid groups (broad SMARTS) is 1. The first-order valence-corrected chi connectivity index (χ1v) is 4.06. The molecule has 0 fully saturated rings. The van der Waals surface area contributed by atoms with Gasteiger partial charge in [-0.05, 0) is 12.1 Å². The largest absolute Gasteiger partial charge is 0.477 e. The predicted octanol–water partition coefficient (Wildman–Crippen LogP) is 0.574. The Morgan fingerprint density at radius 2 is 1.88 bits per heavy atom. The Morgan fingerprint density at radius 1 is 1.29 bits per heavy atom. The maximum absolute atomic E-state index is 11.9. The van der Waals surface area contributed by atoms with Crippen molar-refractivity contribution in [2.45, 2.75) is 6.18 Å². The maximum Gasteiger partial charge on any atom is 0.471 e. The minimum Gasteiger partial charge on any atom is -0.477 e. The molecule has 6 nitrogen and oxygen atoms in total. The van der Waals surface area contributed by atoms with Crippen LogP contribution in [0.1, 0.15) is 10.5 Å². The summed E-state index contributed by atoms with van der Waals surface area (Å²) in [6.45, 7) is 0. The zero-order chi connectivity index (χ0) is 13.2. The van der Waals surface area contributed by atoms with E-state index in [2.05, 4.69) is 0 Å². The molecule has 0 radical (unpaired) electrons. The first kappa shape index (κ1) is 12.7. The molecule has 0 aliphatic carbocycles. The number of carbonyl (C=O) groups is 2. The van der Waals surface area contributed by atoms with E-state index < -0.39 is 35.0 Å². The van der Waals surface area contributed by atoms with E-state index in [-0.39, 0.29) is 0 Å². The summed E-state index contributed by atoms with van der Waals surface area (Å²) in [5, 5.41) is 9.79. The summed E-state index contributed by atoms with van der Waals surface area (Å²) in [6.07, 6.45) is -5.13. The Hall–Kier alpha value is -2.32. The number of carboxylic acids is 1. The van der Waals surface area contributed by atoms with Gasteiger partial charge in [0.1, 0.15) is 11.4 Å². The van der Waals surface area contributed by atoms with E-state index in [0.29, 0.717) is 0 Å². The van der Waals surface area contributed by atoms with Crippen LogP contribution in [0.15, 0.2) is 16.9 Å². The first-order chi connectivity index (χ1) is 7.71. The second-order valence-corrected chi connectivity index (χ2v) is 2.87. The van der Waals surface area contributed by atoms with Crippen LogP contribution in [0.3, 0.4) is 0 Å². The van der Waals surface area contributed by atoms with Gasteiger partial charge in [0.2, 0.25) is 0 Å². The van der Waals surface area contributed by atoms with Gasteiger partial charge >= 0.3 is 18.1 Å². The summed E-state index contributed by atoms with van der Waals surface area (Å²) in [5.41, 5.74) is -2.32. The summed E-state index contributed by atoms with van der Waals surface area (Å²) >= 11 is 0. The number of aromatic carboxylic acids is 1. The number of alkyl halides is 3. The number of pyridine rings is 1. The van der Waals surface area contributed by atoms with Gasteiger partial charge in [0.15, 0.2) is 0 Å². The number of carbonyl (C=O) groups excluding carboxylic acids is 1. The average molecular weight is 250 g/mol. The van der Waals surface area contributed by atoms with Gasteiger partial charge in [0.05, 0.1) is 0 Å². The number of halogens is 3. The van der Waals surface area contributed by atoms with Crippen LogP contribution in [0.4, 0.5) is 18.9 Å². The number of anilines is 1. The Labute approximate surface area is 91.1 Å². The molecule has 0 saturated heterocycles. The normalized spacial score (nSPS) is 11.0. The number of H-pyrrole nitrogens is 1. The molecule has 0 saturated carbocycles. The van der Waals surface area contributed by atoms with Crippen molar-refractivity contribution in [3.05, 3.63) is 28.2 Å². The third-order valence-electron chi connectivity index (χ3n) is 1.65. The highest BCUT2D eigenvalue weighted by molar-refractivity contribution is 5.95. The fraction of sp³-hybridized carbons (Fsp3) is 0.125. The van der Waals surface area contributed by atoms with Gasteiger partial charge in [0.25, 0.3) is 5.56 Å². The smallest absolute Gasteiger partial charge is 0.471 e. The number of nitrogens with one attached hydrogen (secondary N) is 2. The van der Waals surface area contributed by atoms with E-state index in [1.54, 1.807) is 4.98 Å². The van der Waals surface area contributed by atoms with E-state index in [0.717, 1.165) is 12.1 Å². The molecule has 17 heavy (non-hydrogen) atoms. The van der Waals surface area contributed by atoms with Gasteiger partial charge in [-0.15, -0.1) is 0 Å². The van der Waals surface area contributed by atoms with Crippen molar-refractivity contribution >= 4 is 17.6 Å². The summed E-state index contributed by atoms with van der Waals surface area (Å²) in [4.78, 5) is 33.8. The maximum atomic E-state index is 11.9. The highest BCUT2D eigenvalue weighted by Crippen LogP contribution is 2.16. The molecule has 0 aliphatic heterocycles. The molecule has 1 heterocycles. The van der Waals surface area contributed by atoms with Gasteiger partial charge in [-0.3, -0.25) is 9.59 Å². The van der Waals surface area contributed by atoms with Crippen molar-refractivity contribution in [2.24, 2.45) is 0 Å². The van der Waals surface area contributed by atoms with E-state index in [1.165, 1.54) is 5.32 Å². The Morgan fingerprint density at radius 3 is 2.29 bits per heavy atom. The Balaban J connectivity index is 2.99. The van der Waals surface area contributed by atoms with Crippen molar-refractivity contribution in [3.63, 3.8) is 0 Å². The van der Waals surface area contributed by atoms with E-state index in [1.807, 2.05) is 0 Å². The molecule has 0 bridgehead atoms. The summed E-state index contributed by atoms with van der Waals surface area (Å²) < 4.78 is 35.6. The number of aromatic nitrogens is 1. The number of hydrogen-bond acceptors (Lipinski definition) is 3. The number of rotatable bonds is 2. The molecule has 0 unspecified atom stereocenters. The molecule has 1 aromatic rings. The summed E-state index contributed by atoms with van der Waals surface area (Å²) in [7, 11) is 0. The van der Waals surface area contributed by atoms with Crippen LogP contribution >= 0.6 is 0 Å². The average Bonchev–Trinajstić information content (AvgIpc) is 2.19. The van der Waals surface area contributed by atoms with Crippen molar-refractivity contribution in [3.8, 4) is 0 Å². The highest BCUT2D eigenvalue weighted by Gasteiger charge is 2.39. The topological polar surface area (TPSA) is 99.3 Å². The fourth-order valence-corrected chi connectivity index (χ4v) is 0.890. The second-order valence-electron chi connectivity index (χ2n) is 2.87. The predicted molar refractivity (Wildman–Crippen MR) is 48.7 cm³/mol. The lowest BCUT2D eigenvalue weighted by Gasteiger charge is -2.06. The lowest BCUT2D eigenvalue weighted by atomic mass is 10.3. The lowest BCUT2D eigenvalue weighted by Crippen LogP contribution is -2.32. The van der Waals surface area contributed by atoms with Gasteiger partial charge in [0, 0.05) is 0 Å². The van der Waals surface area contributed by atoms with Crippen LogP contribution in [0.2, 0.25) is 0 Å². The van der Waals surface area contributed by atoms with Crippen LogP contribution in [-0.2, 0) is 4.79 Å². The number of hydrogen-bond donors (Lipinski definition) is 3. The SMILES string of the molecule is O=C(O)c1ccc(NC(=O)C(F)(F)F)c(=O)[nH]1. The minimum atomic E-state index is -5.13. The third-order valence-corrected chi connectivity index (χ3v) is 1.65. The van der Waals surface area contributed by atoms with Gasteiger partial charge in [-0.2, -0.15) is 13.2 Å². The van der Waals surface area contributed by atoms with Gasteiger partial charge < -0.3 is 15.4 Å². The lowest BCUT2D eigenvalue weighted by molar-refractivity contribution is -0.167. The molecule has 0 spiro atoms. The minimum absolute atomic E-state index is 0.500. The molecule has 0 aliphatic rings. The van der Waals surface area contributed by atoms with Crippen molar-refractivity contribution in [1.82, 2.24) is 4.98 Å². The van der Waals surface area contributed by atoms with Crippen LogP contribution in [0, 0.1) is 0 Å². The molecule has 92 valence electrons. The second kappa shape index (κ2) is 4.28. The zero-order valence-electron chi connectivity index (χ0n) is 7.96. The molecule has 1 amide bonds. The summed E-state index contributed by atoms with van der Waals surface area (Å²) in [5.74, 6) is -3.76. The van der Waals surface area contributed by atoms with Crippen molar-refractivity contribution in [1.29, 1.82) is 0 Å². The molecule has 0 atom stereocenters. The molecule has 9 heteroatoms. The zero-order valence-corrected chi connectivity index (χ0v) is 7.96.